The predicted octanol–water partition coefficient (Wildman–Crippen LogP) is 2.71. The second kappa shape index (κ2) is 3.52. The Morgan fingerprint density at radius 1 is 1.14 bits per heavy atom. The van der Waals surface area contributed by atoms with E-state index >= 15 is 0 Å². The Balaban J connectivity index is 3.35. The Morgan fingerprint density at radius 2 is 1.71 bits per heavy atom. The topological polar surface area (TPSA) is 52.0 Å². The smallest absolute Gasteiger partial charge is 0.0585 e. The summed E-state index contributed by atoms with van der Waals surface area (Å²) in [4.78, 5) is 0. The number of anilines is 2. The summed E-state index contributed by atoms with van der Waals surface area (Å²) in [5.74, 6) is 0. The highest BCUT2D eigenvalue weighted by Crippen LogP contribution is 2.32. The normalized spacial score (nSPS) is 11.7. The average Bonchev–Trinajstić information content (AvgIpc) is 2.07. The molecule has 0 atom stereocenters. The third-order valence-electron chi connectivity index (χ3n) is 2.49. The molecule has 1 aromatic carbocycles. The number of nitrogen functional groups attached to an aromatic ring is 2. The van der Waals surface area contributed by atoms with E-state index in [1.54, 1.807) is 0 Å². The van der Waals surface area contributed by atoms with Crippen molar-refractivity contribution >= 4 is 11.4 Å². The van der Waals surface area contributed by atoms with Crippen LogP contribution in [-0.4, -0.2) is 0 Å². The van der Waals surface area contributed by atoms with Gasteiger partial charge in [0.2, 0.25) is 0 Å². The second-order valence-corrected chi connectivity index (χ2v) is 4.75. The Labute approximate surface area is 86.3 Å². The maximum absolute atomic E-state index is 5.97. The van der Waals surface area contributed by atoms with Gasteiger partial charge in [0.25, 0.3) is 0 Å². The van der Waals surface area contributed by atoms with Gasteiger partial charge in [0.05, 0.1) is 11.4 Å². The van der Waals surface area contributed by atoms with E-state index in [0.717, 1.165) is 17.7 Å². The van der Waals surface area contributed by atoms with E-state index in [1.807, 2.05) is 6.07 Å². The Bertz CT molecular complexity index is 335. The van der Waals surface area contributed by atoms with Crippen LogP contribution >= 0.6 is 0 Å². The standard InChI is InChI=1S/C12H20N2/c1-5-8-6-9(12(2,3)4)11(14)10(13)7-8/h6-7H,5,13-14H2,1-4H3. The molecule has 0 radical (unpaired) electrons. The average molecular weight is 192 g/mol. The summed E-state index contributed by atoms with van der Waals surface area (Å²) in [5, 5.41) is 0. The quantitative estimate of drug-likeness (QED) is 0.672. The van der Waals surface area contributed by atoms with Gasteiger partial charge in [-0.1, -0.05) is 33.8 Å². The Kier molecular flexibility index (Phi) is 2.74. The molecule has 0 saturated heterocycles. The molecule has 0 amide bonds. The van der Waals surface area contributed by atoms with E-state index in [0.29, 0.717) is 5.69 Å². The zero-order valence-electron chi connectivity index (χ0n) is 9.52. The second-order valence-electron chi connectivity index (χ2n) is 4.75. The van der Waals surface area contributed by atoms with E-state index in [4.69, 9.17) is 11.5 Å². The van der Waals surface area contributed by atoms with Gasteiger partial charge in [-0.2, -0.15) is 0 Å². The molecule has 14 heavy (non-hydrogen) atoms. The highest BCUT2D eigenvalue weighted by atomic mass is 14.7. The lowest BCUT2D eigenvalue weighted by molar-refractivity contribution is 0.592. The van der Waals surface area contributed by atoms with Gasteiger partial charge < -0.3 is 11.5 Å². The van der Waals surface area contributed by atoms with Crippen molar-refractivity contribution in [3.63, 3.8) is 0 Å². The number of hydrogen-bond acceptors (Lipinski definition) is 2. The summed E-state index contributed by atoms with van der Waals surface area (Å²) in [6.45, 7) is 8.57. The lowest BCUT2D eigenvalue weighted by Gasteiger charge is -2.23. The minimum Gasteiger partial charge on any atom is -0.397 e. The molecule has 0 aliphatic carbocycles. The van der Waals surface area contributed by atoms with Gasteiger partial charge in [-0.25, -0.2) is 0 Å². The first kappa shape index (κ1) is 10.9. The maximum Gasteiger partial charge on any atom is 0.0585 e. The Morgan fingerprint density at radius 3 is 2.14 bits per heavy atom. The number of nitrogens with two attached hydrogens (primary N) is 2. The monoisotopic (exact) mass is 192 g/mol. The van der Waals surface area contributed by atoms with Crippen molar-refractivity contribution in [1.82, 2.24) is 0 Å². The number of hydrogen-bond donors (Lipinski definition) is 2. The number of benzene rings is 1. The van der Waals surface area contributed by atoms with Crippen molar-refractivity contribution in [3.05, 3.63) is 23.3 Å². The van der Waals surface area contributed by atoms with Crippen molar-refractivity contribution in [2.24, 2.45) is 0 Å². The van der Waals surface area contributed by atoms with E-state index in [-0.39, 0.29) is 5.41 Å². The number of aryl methyl sites for hydroxylation is 1. The molecule has 0 aliphatic heterocycles. The first-order valence-corrected chi connectivity index (χ1v) is 5.04. The van der Waals surface area contributed by atoms with E-state index < -0.39 is 0 Å². The summed E-state index contributed by atoms with van der Waals surface area (Å²) >= 11 is 0. The molecule has 1 rings (SSSR count). The fourth-order valence-electron chi connectivity index (χ4n) is 1.56. The first-order chi connectivity index (χ1) is 6.36. The van der Waals surface area contributed by atoms with Gasteiger partial charge >= 0.3 is 0 Å². The molecule has 78 valence electrons. The summed E-state index contributed by atoms with van der Waals surface area (Å²) in [7, 11) is 0. The molecule has 0 unspecified atom stereocenters. The van der Waals surface area contributed by atoms with Crippen LogP contribution in [-0.2, 0) is 11.8 Å². The molecule has 0 bridgehead atoms. The summed E-state index contributed by atoms with van der Waals surface area (Å²) in [5.41, 5.74) is 15.7. The van der Waals surface area contributed by atoms with Crippen molar-refractivity contribution in [2.75, 3.05) is 11.5 Å². The highest BCUT2D eigenvalue weighted by Gasteiger charge is 2.18. The van der Waals surface area contributed by atoms with Gasteiger partial charge in [-0.15, -0.1) is 0 Å². The Hall–Kier alpha value is -1.18. The maximum atomic E-state index is 5.97. The molecule has 2 nitrogen and oxygen atoms in total. The molecule has 0 fully saturated rings. The first-order valence-electron chi connectivity index (χ1n) is 5.04. The lowest BCUT2D eigenvalue weighted by atomic mass is 9.84. The lowest BCUT2D eigenvalue weighted by Crippen LogP contribution is -2.15. The zero-order chi connectivity index (χ0) is 10.9. The van der Waals surface area contributed by atoms with Crippen LogP contribution in [0.1, 0.15) is 38.8 Å². The third kappa shape index (κ3) is 2.00. The molecule has 0 spiro atoms. The third-order valence-corrected chi connectivity index (χ3v) is 2.49. The van der Waals surface area contributed by atoms with E-state index in [9.17, 15) is 0 Å². The van der Waals surface area contributed by atoms with Crippen LogP contribution in [0, 0.1) is 0 Å². The van der Waals surface area contributed by atoms with Crippen LogP contribution in [0.25, 0.3) is 0 Å². The molecule has 4 N–H and O–H groups in total. The van der Waals surface area contributed by atoms with Crippen molar-refractivity contribution in [1.29, 1.82) is 0 Å². The molecule has 0 heterocycles. The SMILES string of the molecule is CCc1cc(N)c(N)c(C(C)(C)C)c1. The molecular weight excluding hydrogens is 172 g/mol. The zero-order valence-corrected chi connectivity index (χ0v) is 9.52. The molecular formula is C12H20N2. The van der Waals surface area contributed by atoms with E-state index in [1.165, 1.54) is 5.56 Å². The molecule has 0 aliphatic rings. The van der Waals surface area contributed by atoms with E-state index in [2.05, 4.69) is 33.8 Å². The van der Waals surface area contributed by atoms with Crippen LogP contribution in [0.2, 0.25) is 0 Å². The molecule has 0 saturated carbocycles. The van der Waals surface area contributed by atoms with Gasteiger partial charge in [0.15, 0.2) is 0 Å². The highest BCUT2D eigenvalue weighted by molar-refractivity contribution is 5.70. The number of rotatable bonds is 1. The van der Waals surface area contributed by atoms with Crippen LogP contribution in [0.3, 0.4) is 0 Å². The fraction of sp³-hybridized carbons (Fsp3) is 0.500. The minimum atomic E-state index is 0.0589. The van der Waals surface area contributed by atoms with Gasteiger partial charge in [0, 0.05) is 0 Å². The molecule has 0 aromatic heterocycles. The van der Waals surface area contributed by atoms with Crippen molar-refractivity contribution in [3.8, 4) is 0 Å². The molecule has 1 aromatic rings. The minimum absolute atomic E-state index is 0.0589. The summed E-state index contributed by atoms with van der Waals surface area (Å²) in [6.07, 6.45) is 0.994. The van der Waals surface area contributed by atoms with Gasteiger partial charge in [-0.05, 0) is 29.0 Å². The molecule has 2 heteroatoms. The fourth-order valence-corrected chi connectivity index (χ4v) is 1.56. The van der Waals surface area contributed by atoms with Gasteiger partial charge in [-0.3, -0.25) is 0 Å². The predicted molar refractivity (Wildman–Crippen MR) is 63.3 cm³/mol. The van der Waals surface area contributed by atoms with Crippen LogP contribution < -0.4 is 11.5 Å². The van der Waals surface area contributed by atoms with Crippen LogP contribution in [0.4, 0.5) is 11.4 Å². The van der Waals surface area contributed by atoms with Crippen LogP contribution in [0.15, 0.2) is 12.1 Å². The van der Waals surface area contributed by atoms with Gasteiger partial charge in [0.1, 0.15) is 0 Å². The van der Waals surface area contributed by atoms with Crippen molar-refractivity contribution < 1.29 is 0 Å². The largest absolute Gasteiger partial charge is 0.397 e. The summed E-state index contributed by atoms with van der Waals surface area (Å²) in [6, 6.07) is 4.12. The van der Waals surface area contributed by atoms with Crippen molar-refractivity contribution in [2.45, 2.75) is 39.5 Å². The summed E-state index contributed by atoms with van der Waals surface area (Å²) < 4.78 is 0. The van der Waals surface area contributed by atoms with Crippen LogP contribution in [0.5, 0.6) is 0 Å².